The average molecular weight is 402 g/mol. The first-order valence-corrected chi connectivity index (χ1v) is 9.46. The molecule has 3 aromatic rings. The minimum atomic E-state index is -0.493. The highest BCUT2D eigenvalue weighted by Crippen LogP contribution is 2.31. The summed E-state index contributed by atoms with van der Waals surface area (Å²) in [7, 11) is 0. The van der Waals surface area contributed by atoms with E-state index in [-0.39, 0.29) is 23.3 Å². The molecule has 2 aromatic carbocycles. The number of rotatable bonds is 5. The molecular weight excluding hydrogens is 383 g/mol. The van der Waals surface area contributed by atoms with Crippen LogP contribution in [0.2, 0.25) is 0 Å². The zero-order chi connectivity index (χ0) is 21.3. The number of aromatic nitrogens is 1. The van der Waals surface area contributed by atoms with E-state index < -0.39 is 5.82 Å². The van der Waals surface area contributed by atoms with Crippen molar-refractivity contribution in [3.63, 3.8) is 0 Å². The van der Waals surface area contributed by atoms with Gasteiger partial charge in [-0.1, -0.05) is 30.3 Å². The van der Waals surface area contributed by atoms with Crippen molar-refractivity contribution in [2.45, 2.75) is 6.92 Å². The molecule has 1 amide bonds. The van der Waals surface area contributed by atoms with Gasteiger partial charge in [0.15, 0.2) is 17.3 Å². The van der Waals surface area contributed by atoms with Crippen molar-refractivity contribution in [1.82, 2.24) is 9.88 Å². The summed E-state index contributed by atoms with van der Waals surface area (Å²) in [4.78, 5) is 17.3. The van der Waals surface area contributed by atoms with Gasteiger partial charge < -0.3 is 20.0 Å². The number of hydrogen-bond acceptors (Lipinski definition) is 4. The lowest BCUT2D eigenvalue weighted by atomic mass is 10.00. The van der Waals surface area contributed by atoms with Crippen molar-refractivity contribution in [1.29, 1.82) is 10.7 Å². The number of fused-ring (bicyclic) bond motifs is 1. The van der Waals surface area contributed by atoms with Gasteiger partial charge in [0.25, 0.3) is 5.91 Å². The van der Waals surface area contributed by atoms with E-state index in [4.69, 9.17) is 15.4 Å². The third-order valence-corrected chi connectivity index (χ3v) is 5.25. The molecule has 0 radical (unpaired) electrons. The third kappa shape index (κ3) is 3.33. The largest absolute Gasteiger partial charge is 0.452 e. The second-order valence-corrected chi connectivity index (χ2v) is 7.14. The van der Waals surface area contributed by atoms with Crippen molar-refractivity contribution in [2.24, 2.45) is 5.92 Å². The molecule has 0 aliphatic carbocycles. The lowest BCUT2D eigenvalue weighted by molar-refractivity contribution is 0.0577. The summed E-state index contributed by atoms with van der Waals surface area (Å²) < 4.78 is 20.8. The Morgan fingerprint density at radius 3 is 2.83 bits per heavy atom. The number of aromatic amines is 1. The van der Waals surface area contributed by atoms with Gasteiger partial charge in [-0.15, -0.1) is 0 Å². The topological polar surface area (TPSA) is 93.0 Å². The van der Waals surface area contributed by atoms with Crippen LogP contribution in [0.1, 0.15) is 21.6 Å². The van der Waals surface area contributed by atoms with E-state index in [1.165, 1.54) is 6.08 Å². The monoisotopic (exact) mass is 402 g/mol. The number of nitrogens with one attached hydrogen (secondary N) is 2. The van der Waals surface area contributed by atoms with Crippen LogP contribution < -0.4 is 4.74 Å². The molecule has 4 rings (SSSR count). The SMILES string of the molecule is Cc1c(C(=O)N2CC(C#N)C2)c[nH]c1/C(=C\C=N)Oc1ccc2ccccc2c1F. The molecule has 0 unspecified atom stereocenters. The molecule has 1 aromatic heterocycles. The summed E-state index contributed by atoms with van der Waals surface area (Å²) in [5.41, 5.74) is 1.58. The molecule has 0 atom stereocenters. The Morgan fingerprint density at radius 2 is 2.10 bits per heavy atom. The van der Waals surface area contributed by atoms with Crippen LogP contribution in [0.15, 0.2) is 48.7 Å². The van der Waals surface area contributed by atoms with E-state index in [0.717, 1.165) is 11.6 Å². The molecule has 150 valence electrons. The second-order valence-electron chi connectivity index (χ2n) is 7.14. The molecule has 6 nitrogen and oxygen atoms in total. The lowest BCUT2D eigenvalue weighted by Gasteiger charge is -2.35. The molecule has 0 spiro atoms. The Hall–Kier alpha value is -3.92. The number of ether oxygens (including phenoxy) is 1. The Kier molecular flexibility index (Phi) is 5.07. The number of hydrogen-bond donors (Lipinski definition) is 2. The highest BCUT2D eigenvalue weighted by molar-refractivity contribution is 5.97. The minimum Gasteiger partial charge on any atom is -0.452 e. The van der Waals surface area contributed by atoms with Gasteiger partial charge in [0.1, 0.15) is 0 Å². The van der Waals surface area contributed by atoms with Gasteiger partial charge in [-0.25, -0.2) is 4.39 Å². The maximum Gasteiger partial charge on any atom is 0.255 e. The Bertz CT molecular complexity index is 1220. The number of allylic oxidation sites excluding steroid dienone is 1. The predicted octanol–water partition coefficient (Wildman–Crippen LogP) is 4.28. The van der Waals surface area contributed by atoms with Gasteiger partial charge in [0.05, 0.1) is 23.2 Å². The number of halogens is 1. The van der Waals surface area contributed by atoms with Crippen LogP contribution in [0.4, 0.5) is 4.39 Å². The van der Waals surface area contributed by atoms with Gasteiger partial charge in [0.2, 0.25) is 0 Å². The fraction of sp³-hybridized carbons (Fsp3) is 0.174. The molecule has 1 aliphatic heterocycles. The van der Waals surface area contributed by atoms with Crippen molar-refractivity contribution in [3.05, 3.63) is 71.3 Å². The van der Waals surface area contributed by atoms with E-state index in [1.807, 2.05) is 12.1 Å². The number of carbonyl (C=O) groups excluding carboxylic acids is 1. The molecule has 30 heavy (non-hydrogen) atoms. The smallest absolute Gasteiger partial charge is 0.255 e. The summed E-state index contributed by atoms with van der Waals surface area (Å²) in [5.74, 6) is -0.530. The van der Waals surface area contributed by atoms with Crippen LogP contribution >= 0.6 is 0 Å². The number of nitrogens with zero attached hydrogens (tertiary/aromatic N) is 2. The lowest BCUT2D eigenvalue weighted by Crippen LogP contribution is -2.49. The Labute approximate surface area is 172 Å². The number of carbonyl (C=O) groups is 1. The summed E-state index contributed by atoms with van der Waals surface area (Å²) >= 11 is 0. The zero-order valence-electron chi connectivity index (χ0n) is 16.3. The second kappa shape index (κ2) is 7.84. The predicted molar refractivity (Wildman–Crippen MR) is 112 cm³/mol. The minimum absolute atomic E-state index is 0.0308. The van der Waals surface area contributed by atoms with E-state index in [0.29, 0.717) is 35.3 Å². The van der Waals surface area contributed by atoms with Crippen molar-refractivity contribution >= 4 is 28.7 Å². The molecule has 0 saturated carbocycles. The summed E-state index contributed by atoms with van der Waals surface area (Å²) in [6, 6.07) is 12.5. The molecule has 0 bridgehead atoms. The van der Waals surface area contributed by atoms with Crippen LogP contribution in [0.3, 0.4) is 0 Å². The van der Waals surface area contributed by atoms with Crippen molar-refractivity contribution in [3.8, 4) is 11.8 Å². The quantitative estimate of drug-likeness (QED) is 0.493. The molecule has 1 aliphatic rings. The molecule has 1 fully saturated rings. The number of likely N-dealkylation sites (tertiary alicyclic amines) is 1. The molecule has 2 heterocycles. The normalized spacial score (nSPS) is 14.3. The third-order valence-electron chi connectivity index (χ3n) is 5.25. The van der Waals surface area contributed by atoms with Gasteiger partial charge in [-0.05, 0) is 23.9 Å². The van der Waals surface area contributed by atoms with Gasteiger partial charge >= 0.3 is 0 Å². The summed E-state index contributed by atoms with van der Waals surface area (Å²) in [5, 5.41) is 17.6. The van der Waals surface area contributed by atoms with Gasteiger partial charge in [0, 0.05) is 37.0 Å². The first kappa shape index (κ1) is 19.4. The van der Waals surface area contributed by atoms with Crippen molar-refractivity contribution in [2.75, 3.05) is 13.1 Å². The van der Waals surface area contributed by atoms with E-state index in [9.17, 15) is 9.18 Å². The maximum atomic E-state index is 14.9. The van der Waals surface area contributed by atoms with E-state index in [2.05, 4.69) is 11.1 Å². The fourth-order valence-corrected chi connectivity index (χ4v) is 3.52. The van der Waals surface area contributed by atoms with E-state index in [1.54, 1.807) is 42.3 Å². The zero-order valence-corrected chi connectivity index (χ0v) is 16.3. The first-order valence-electron chi connectivity index (χ1n) is 9.46. The van der Waals surface area contributed by atoms with Crippen LogP contribution in [-0.4, -0.2) is 35.1 Å². The molecular formula is C23H19FN4O2. The fourth-order valence-electron chi connectivity index (χ4n) is 3.52. The Morgan fingerprint density at radius 1 is 1.33 bits per heavy atom. The standard InChI is InChI=1S/C23H19FN4O2/c1-14-18(23(29)28-12-15(10-26)13-28)11-27-22(14)20(8-9-25)30-19-7-6-16-4-2-3-5-17(16)21(19)24/h2-9,11,15,25,27H,12-13H2,1H3/b20-8+,25-9?. The van der Waals surface area contributed by atoms with Gasteiger partial charge in [-0.3, -0.25) is 4.79 Å². The summed E-state index contributed by atoms with van der Waals surface area (Å²) in [6.45, 7) is 2.59. The number of H-pyrrole nitrogens is 1. The van der Waals surface area contributed by atoms with E-state index >= 15 is 0 Å². The first-order chi connectivity index (χ1) is 14.5. The van der Waals surface area contributed by atoms with Crippen LogP contribution in [0.5, 0.6) is 5.75 Å². The van der Waals surface area contributed by atoms with Crippen LogP contribution in [0.25, 0.3) is 16.5 Å². The molecule has 1 saturated heterocycles. The molecule has 7 heteroatoms. The maximum absolute atomic E-state index is 14.9. The summed E-state index contributed by atoms with van der Waals surface area (Å²) in [6.07, 6.45) is 4.02. The number of nitriles is 1. The highest BCUT2D eigenvalue weighted by Gasteiger charge is 2.32. The van der Waals surface area contributed by atoms with Crippen LogP contribution in [0, 0.1) is 35.4 Å². The van der Waals surface area contributed by atoms with Gasteiger partial charge in [-0.2, -0.15) is 5.26 Å². The Balaban J connectivity index is 1.63. The van der Waals surface area contributed by atoms with Crippen molar-refractivity contribution < 1.29 is 13.9 Å². The highest BCUT2D eigenvalue weighted by atomic mass is 19.1. The average Bonchev–Trinajstić information content (AvgIpc) is 3.10. The number of amides is 1. The van der Waals surface area contributed by atoms with Crippen LogP contribution in [-0.2, 0) is 0 Å². The number of benzene rings is 2. The molecule has 2 N–H and O–H groups in total.